The number of fused-ring (bicyclic) bond motifs is 7. The summed E-state index contributed by atoms with van der Waals surface area (Å²) < 4.78 is 9.01. The van der Waals surface area contributed by atoms with Gasteiger partial charge in [0.1, 0.15) is 5.58 Å². The fraction of sp³-hybridized carbons (Fsp3) is 0. The number of hydrogen-bond donors (Lipinski definition) is 0. The van der Waals surface area contributed by atoms with Gasteiger partial charge in [0.2, 0.25) is 5.71 Å². The number of aromatic nitrogens is 3. The topological polar surface area (TPSA) is 43.9 Å². The van der Waals surface area contributed by atoms with Crippen LogP contribution in [0.4, 0.5) is 0 Å². The Morgan fingerprint density at radius 2 is 1.14 bits per heavy atom. The van der Waals surface area contributed by atoms with Crippen LogP contribution in [0.25, 0.3) is 83.3 Å². The first kappa shape index (κ1) is 24.6. The zero-order chi connectivity index (χ0) is 29.0. The lowest BCUT2D eigenvalue weighted by Crippen LogP contribution is -1.97. The van der Waals surface area contributed by atoms with E-state index in [0.29, 0.717) is 5.82 Å². The van der Waals surface area contributed by atoms with Crippen LogP contribution in [0.3, 0.4) is 0 Å². The minimum atomic E-state index is 0.699. The van der Waals surface area contributed by atoms with E-state index >= 15 is 0 Å². The average Bonchev–Trinajstić information content (AvgIpc) is 3.64. The summed E-state index contributed by atoms with van der Waals surface area (Å²) >= 11 is 0. The quantitative estimate of drug-likeness (QED) is 0.214. The van der Waals surface area contributed by atoms with Gasteiger partial charge in [0, 0.05) is 38.5 Å². The van der Waals surface area contributed by atoms with Crippen molar-refractivity contribution in [2.75, 3.05) is 0 Å². The van der Waals surface area contributed by atoms with Crippen LogP contribution < -0.4 is 0 Å². The van der Waals surface area contributed by atoms with E-state index in [4.69, 9.17) is 14.4 Å². The molecular weight excluding hydrogens is 538 g/mol. The normalized spacial score (nSPS) is 11.6. The van der Waals surface area contributed by atoms with E-state index in [2.05, 4.69) is 120 Å². The van der Waals surface area contributed by atoms with E-state index in [9.17, 15) is 0 Å². The molecule has 0 saturated heterocycles. The second-order valence-electron chi connectivity index (χ2n) is 11.0. The van der Waals surface area contributed by atoms with Crippen molar-refractivity contribution in [1.29, 1.82) is 0 Å². The molecule has 0 fully saturated rings. The van der Waals surface area contributed by atoms with Gasteiger partial charge in [0.05, 0.1) is 22.3 Å². The van der Waals surface area contributed by atoms with E-state index < -0.39 is 0 Å². The number of hydrogen-bond acceptors (Lipinski definition) is 3. The zero-order valence-electron chi connectivity index (χ0n) is 23.7. The Morgan fingerprint density at radius 3 is 1.95 bits per heavy atom. The molecule has 206 valence electrons. The van der Waals surface area contributed by atoms with Crippen molar-refractivity contribution in [3.8, 4) is 39.6 Å². The number of rotatable bonds is 4. The largest absolute Gasteiger partial charge is 0.438 e. The van der Waals surface area contributed by atoms with Gasteiger partial charge in [0.25, 0.3) is 0 Å². The molecule has 3 heterocycles. The summed E-state index contributed by atoms with van der Waals surface area (Å²) in [5, 5.41) is 5.71. The van der Waals surface area contributed by atoms with Crippen LogP contribution in [0, 0.1) is 0 Å². The van der Waals surface area contributed by atoms with Crippen molar-refractivity contribution in [2.24, 2.45) is 0 Å². The van der Waals surface area contributed by atoms with Crippen molar-refractivity contribution in [1.82, 2.24) is 14.5 Å². The predicted molar refractivity (Wildman–Crippen MR) is 180 cm³/mol. The molecule has 0 N–H and O–H groups in total. The van der Waals surface area contributed by atoms with E-state index in [-0.39, 0.29) is 0 Å². The highest BCUT2D eigenvalue weighted by molar-refractivity contribution is 6.24. The van der Waals surface area contributed by atoms with Gasteiger partial charge in [-0.05, 0) is 35.7 Å². The predicted octanol–water partition coefficient (Wildman–Crippen LogP) is 10.5. The Morgan fingerprint density at radius 1 is 0.477 bits per heavy atom. The Hall–Kier alpha value is -6.00. The molecule has 6 aromatic carbocycles. The van der Waals surface area contributed by atoms with Gasteiger partial charge in [-0.15, -0.1) is 0 Å². The molecule has 0 atom stereocenters. The highest BCUT2D eigenvalue weighted by atomic mass is 16.3. The van der Waals surface area contributed by atoms with Gasteiger partial charge < -0.3 is 4.42 Å². The molecule has 0 spiro atoms. The smallest absolute Gasteiger partial charge is 0.213 e. The van der Waals surface area contributed by atoms with Crippen molar-refractivity contribution in [3.05, 3.63) is 152 Å². The van der Waals surface area contributed by atoms with E-state index in [0.717, 1.165) is 66.7 Å². The number of furan rings is 1. The summed E-state index contributed by atoms with van der Waals surface area (Å²) in [5.74, 6) is 0.699. The Balaban J connectivity index is 1.28. The van der Waals surface area contributed by atoms with E-state index in [1.54, 1.807) is 0 Å². The van der Waals surface area contributed by atoms with Crippen LogP contribution in [-0.4, -0.2) is 14.5 Å². The lowest BCUT2D eigenvalue weighted by molar-refractivity contribution is 0.649. The Labute approximate surface area is 253 Å². The lowest BCUT2D eigenvalue weighted by atomic mass is 10.1. The first-order valence-electron chi connectivity index (χ1n) is 14.8. The highest BCUT2D eigenvalue weighted by Crippen LogP contribution is 2.41. The summed E-state index contributed by atoms with van der Waals surface area (Å²) in [6.07, 6.45) is 0. The fourth-order valence-electron chi connectivity index (χ4n) is 6.35. The van der Waals surface area contributed by atoms with Crippen LogP contribution in [0.15, 0.2) is 156 Å². The zero-order valence-corrected chi connectivity index (χ0v) is 23.7. The fourth-order valence-corrected chi connectivity index (χ4v) is 6.35. The second kappa shape index (κ2) is 9.79. The molecule has 0 aliphatic carbocycles. The first-order valence-corrected chi connectivity index (χ1v) is 14.8. The monoisotopic (exact) mass is 563 g/mol. The molecule has 0 aliphatic rings. The summed E-state index contributed by atoms with van der Waals surface area (Å²) in [4.78, 5) is 10.0. The van der Waals surface area contributed by atoms with Gasteiger partial charge in [0.15, 0.2) is 5.82 Å². The molecular formula is C40H25N3O. The van der Waals surface area contributed by atoms with Gasteiger partial charge in [-0.25, -0.2) is 9.97 Å². The molecule has 0 aliphatic heterocycles. The molecule has 0 radical (unpaired) electrons. The molecule has 9 rings (SSSR count). The SMILES string of the molecule is c1ccc(-c2cc(-c3cccc(-n4c5ccccc5c5c6ccc7ccccc7c6oc54)c3)nc(-c3ccccc3)n2)cc1. The van der Waals surface area contributed by atoms with Gasteiger partial charge in [-0.3, -0.25) is 4.57 Å². The minimum Gasteiger partial charge on any atom is -0.438 e. The molecule has 0 bridgehead atoms. The number of benzene rings is 6. The number of para-hydroxylation sites is 1. The van der Waals surface area contributed by atoms with Crippen LogP contribution in [0.1, 0.15) is 0 Å². The maximum absolute atomic E-state index is 6.77. The molecule has 3 aromatic heterocycles. The Kier molecular flexibility index (Phi) is 5.47. The van der Waals surface area contributed by atoms with E-state index in [1.165, 1.54) is 10.8 Å². The Bertz CT molecular complexity index is 2430. The lowest BCUT2D eigenvalue weighted by Gasteiger charge is -2.11. The van der Waals surface area contributed by atoms with Crippen molar-refractivity contribution >= 4 is 43.7 Å². The first-order chi connectivity index (χ1) is 21.8. The minimum absolute atomic E-state index is 0.699. The molecule has 0 unspecified atom stereocenters. The third-order valence-electron chi connectivity index (χ3n) is 8.41. The van der Waals surface area contributed by atoms with Crippen LogP contribution in [0.2, 0.25) is 0 Å². The summed E-state index contributed by atoms with van der Waals surface area (Å²) in [6, 6.07) is 52.4. The summed E-state index contributed by atoms with van der Waals surface area (Å²) in [5.41, 5.74) is 8.66. The highest BCUT2D eigenvalue weighted by Gasteiger charge is 2.21. The summed E-state index contributed by atoms with van der Waals surface area (Å²) in [7, 11) is 0. The molecule has 9 aromatic rings. The van der Waals surface area contributed by atoms with Gasteiger partial charge >= 0.3 is 0 Å². The van der Waals surface area contributed by atoms with Crippen LogP contribution in [0.5, 0.6) is 0 Å². The number of nitrogens with zero attached hydrogens (tertiary/aromatic N) is 3. The van der Waals surface area contributed by atoms with Crippen molar-refractivity contribution < 1.29 is 4.42 Å². The second-order valence-corrected chi connectivity index (χ2v) is 11.0. The standard InChI is InChI=1S/C40H25N3O/c1-3-13-27(14-4-1)34-25-35(42-39(41-34)28-15-5-2-6-16-28)29-17-11-18-30(24-29)43-36-21-10-9-20-32(36)37-33-23-22-26-12-7-8-19-31(26)38(33)44-40(37)43/h1-25H. The third-order valence-corrected chi connectivity index (χ3v) is 8.41. The van der Waals surface area contributed by atoms with Crippen LogP contribution in [-0.2, 0) is 0 Å². The van der Waals surface area contributed by atoms with Gasteiger partial charge in [-0.1, -0.05) is 121 Å². The third kappa shape index (κ3) is 3.85. The molecule has 44 heavy (non-hydrogen) atoms. The van der Waals surface area contributed by atoms with E-state index in [1.807, 2.05) is 36.4 Å². The average molecular weight is 564 g/mol. The van der Waals surface area contributed by atoms with Gasteiger partial charge in [-0.2, -0.15) is 0 Å². The van der Waals surface area contributed by atoms with Crippen molar-refractivity contribution in [3.63, 3.8) is 0 Å². The molecule has 4 heteroatoms. The molecule has 4 nitrogen and oxygen atoms in total. The molecule has 0 saturated carbocycles. The maximum atomic E-state index is 6.77. The summed E-state index contributed by atoms with van der Waals surface area (Å²) in [6.45, 7) is 0. The van der Waals surface area contributed by atoms with Crippen LogP contribution >= 0.6 is 0 Å². The van der Waals surface area contributed by atoms with Crippen molar-refractivity contribution in [2.45, 2.75) is 0 Å². The molecule has 0 amide bonds. The maximum Gasteiger partial charge on any atom is 0.213 e.